The van der Waals surface area contributed by atoms with Gasteiger partial charge < -0.3 is 0 Å². The van der Waals surface area contributed by atoms with Gasteiger partial charge in [0, 0.05) is 31.3 Å². The van der Waals surface area contributed by atoms with Gasteiger partial charge in [-0.05, 0) is 0 Å². The van der Waals surface area contributed by atoms with Gasteiger partial charge in [-0.15, -0.1) is 0 Å². The third kappa shape index (κ3) is 116. The van der Waals surface area contributed by atoms with Crippen LogP contribution in [0.4, 0.5) is 26.3 Å². The molecule has 0 aromatic carbocycles. The Morgan fingerprint density at radius 3 is 0.684 bits per heavy atom. The van der Waals surface area contributed by atoms with Gasteiger partial charge in [-0.1, -0.05) is 0 Å². The Hall–Kier alpha value is -1.56. The summed E-state index contributed by atoms with van der Waals surface area (Å²) in [5.41, 5.74) is 0. The first-order valence-electron chi connectivity index (χ1n) is 2.70. The molecule has 0 saturated heterocycles. The predicted octanol–water partition coefficient (Wildman–Crippen LogP) is 0.523. The number of hydrogen-bond acceptors (Lipinski definition) is 4. The van der Waals surface area contributed by atoms with E-state index in [-0.39, 0.29) is 31.3 Å². The molecular formula is C8F6O4Ru. The summed E-state index contributed by atoms with van der Waals surface area (Å²) in [6, 6.07) is 0. The second-order valence-corrected chi connectivity index (χ2v) is 1.25. The maximum absolute atomic E-state index is 10.9. The maximum atomic E-state index is 10.9. The summed E-state index contributed by atoms with van der Waals surface area (Å²) in [7, 11) is 0. The monoisotopic (exact) mass is 376 g/mol. The van der Waals surface area contributed by atoms with Crippen molar-refractivity contribution in [2.24, 2.45) is 0 Å². The van der Waals surface area contributed by atoms with Gasteiger partial charge in [-0.3, -0.25) is 19.2 Å². The van der Waals surface area contributed by atoms with E-state index in [0.717, 1.165) is 0 Å². The molecule has 0 unspecified atom stereocenters. The minimum absolute atomic E-state index is 0. The van der Waals surface area contributed by atoms with Gasteiger partial charge in [-0.2, -0.15) is 26.3 Å². The van der Waals surface area contributed by atoms with Crippen molar-refractivity contribution in [3.8, 4) is 11.8 Å². The average molecular weight is 375 g/mol. The molecule has 106 valence electrons. The number of carbonyl (C=O) groups excluding carboxylic acids is 4. The molecule has 0 fully saturated rings. The van der Waals surface area contributed by atoms with Crippen molar-refractivity contribution in [1.82, 2.24) is 0 Å². The average Bonchev–Trinajstić information content (AvgIpc) is 2.35. The van der Waals surface area contributed by atoms with Crippen molar-refractivity contribution in [2.75, 3.05) is 0 Å². The Bertz CT molecular complexity index is 206. The molecule has 0 aliphatic heterocycles. The Morgan fingerprint density at radius 2 is 0.632 bits per heavy atom. The summed E-state index contributed by atoms with van der Waals surface area (Å²) in [5, 5.41) is 0. The molecule has 0 bridgehead atoms. The summed E-state index contributed by atoms with van der Waals surface area (Å²) in [6.07, 6.45) is -10.1. The smallest absolute Gasteiger partial charge is 0.281 e. The quantitative estimate of drug-likeness (QED) is 0.352. The van der Waals surface area contributed by atoms with Crippen LogP contribution in [0.1, 0.15) is 0 Å². The number of alkyl halides is 6. The van der Waals surface area contributed by atoms with Gasteiger partial charge in [0.15, 0.2) is 0 Å². The summed E-state index contributed by atoms with van der Waals surface area (Å²) < 4.78 is 65.5. The zero-order chi connectivity index (χ0) is 16.4. The molecule has 19 heavy (non-hydrogen) atoms. The number of rotatable bonds is 0. The molecule has 0 saturated carbocycles. The molecule has 0 rings (SSSR count). The van der Waals surface area contributed by atoms with Crippen molar-refractivity contribution in [3.05, 3.63) is 0 Å². The standard InChI is InChI=1S/C4F6.4CO.Ru/c5-3(6,7)1-2-4(8,9)10;4*1-2;. The minimum Gasteiger partial charge on any atom is -0.281 e. The third-order valence-electron chi connectivity index (χ3n) is 0.346. The fourth-order valence-electron chi connectivity index (χ4n) is 0.142. The molecule has 0 aromatic heterocycles. The van der Waals surface area contributed by atoms with Gasteiger partial charge in [0.1, 0.15) is 0 Å². The summed E-state index contributed by atoms with van der Waals surface area (Å²) in [4.78, 5) is 30.0. The van der Waals surface area contributed by atoms with E-state index in [4.69, 9.17) is 19.2 Å². The maximum Gasteiger partial charge on any atom is 0.457 e. The minimum atomic E-state index is -5.07. The molecule has 0 aromatic rings. The van der Waals surface area contributed by atoms with Gasteiger partial charge in [0.25, 0.3) is 27.2 Å². The molecule has 0 spiro atoms. The molecule has 4 nitrogen and oxygen atoms in total. The summed E-state index contributed by atoms with van der Waals surface area (Å²) >= 11 is 0. The van der Waals surface area contributed by atoms with Crippen LogP contribution in [0, 0.1) is 11.8 Å². The molecular weight excluding hydrogens is 375 g/mol. The van der Waals surface area contributed by atoms with E-state index in [1.807, 2.05) is 0 Å². The van der Waals surface area contributed by atoms with E-state index in [1.54, 1.807) is 0 Å². The molecule has 0 N–H and O–H groups in total. The van der Waals surface area contributed by atoms with Crippen LogP contribution < -0.4 is 0 Å². The van der Waals surface area contributed by atoms with E-state index in [0.29, 0.717) is 0 Å². The van der Waals surface area contributed by atoms with Crippen molar-refractivity contribution < 1.29 is 65.0 Å². The van der Waals surface area contributed by atoms with Crippen LogP contribution in [-0.2, 0) is 38.7 Å². The van der Waals surface area contributed by atoms with Crippen LogP contribution >= 0.6 is 0 Å². The Kier molecular flexibility index (Phi) is 48.0. The number of hydrogen-bond donors (Lipinski definition) is 0. The third-order valence-corrected chi connectivity index (χ3v) is 0.346. The SMILES string of the molecule is FC(F)(F)C#CC(F)(F)F.[C]=O.[C]=O.[C]=O.[C]=O.[Ru]. The summed E-state index contributed by atoms with van der Waals surface area (Å²) in [6.45, 7) is 18.0. The predicted molar refractivity (Wildman–Crippen MR) is 42.7 cm³/mol. The normalized spacial score (nSPS) is 7.26. The first-order valence-corrected chi connectivity index (χ1v) is 2.70. The molecule has 0 amide bonds. The van der Waals surface area contributed by atoms with Crippen LogP contribution in [0.3, 0.4) is 0 Å². The van der Waals surface area contributed by atoms with Crippen molar-refractivity contribution in [2.45, 2.75) is 12.4 Å². The zero-order valence-electron chi connectivity index (χ0n) is 8.25. The van der Waals surface area contributed by atoms with E-state index in [2.05, 4.69) is 27.2 Å². The molecule has 8 radical (unpaired) electrons. The first-order chi connectivity index (χ1) is 8.21. The molecule has 0 aliphatic carbocycles. The van der Waals surface area contributed by atoms with Crippen LogP contribution in [0.15, 0.2) is 0 Å². The van der Waals surface area contributed by atoms with Crippen LogP contribution in [0.25, 0.3) is 0 Å². The van der Waals surface area contributed by atoms with Gasteiger partial charge >= 0.3 is 12.4 Å². The Balaban J connectivity index is -0.0000000401. The van der Waals surface area contributed by atoms with E-state index in [1.165, 1.54) is 0 Å². The topological polar surface area (TPSA) is 68.3 Å². The molecule has 0 atom stereocenters. The van der Waals surface area contributed by atoms with Crippen LogP contribution in [0.2, 0.25) is 0 Å². The second kappa shape index (κ2) is 25.3. The van der Waals surface area contributed by atoms with E-state index >= 15 is 0 Å². The first kappa shape index (κ1) is 36.0. The van der Waals surface area contributed by atoms with E-state index in [9.17, 15) is 26.3 Å². The summed E-state index contributed by atoms with van der Waals surface area (Å²) in [5.74, 6) is 0.174. The van der Waals surface area contributed by atoms with Gasteiger partial charge in [0.2, 0.25) is 0 Å². The molecule has 11 heteroatoms. The van der Waals surface area contributed by atoms with Crippen molar-refractivity contribution in [1.29, 1.82) is 0 Å². The zero-order valence-corrected chi connectivity index (χ0v) is 9.99. The fourth-order valence-corrected chi connectivity index (χ4v) is 0.142. The Morgan fingerprint density at radius 1 is 0.526 bits per heavy atom. The second-order valence-electron chi connectivity index (χ2n) is 1.25. The molecule has 0 heterocycles. The van der Waals surface area contributed by atoms with Crippen molar-refractivity contribution in [3.63, 3.8) is 0 Å². The molecule has 0 aliphatic rings. The van der Waals surface area contributed by atoms with E-state index < -0.39 is 12.4 Å². The fraction of sp³-hybridized carbons (Fsp3) is 0.250. The number of halogens is 6. The van der Waals surface area contributed by atoms with Crippen molar-refractivity contribution >= 4 is 27.2 Å². The van der Waals surface area contributed by atoms with Gasteiger partial charge in [0.05, 0.1) is 0 Å². The largest absolute Gasteiger partial charge is 0.457 e. The van der Waals surface area contributed by atoms with Crippen LogP contribution in [-0.4, -0.2) is 39.5 Å². The Labute approximate surface area is 117 Å². The van der Waals surface area contributed by atoms with Gasteiger partial charge in [-0.25, -0.2) is 0 Å². The van der Waals surface area contributed by atoms with Crippen LogP contribution in [0.5, 0.6) is 0 Å².